The summed E-state index contributed by atoms with van der Waals surface area (Å²) in [6.07, 6.45) is 3.64. The van der Waals surface area contributed by atoms with Crippen molar-refractivity contribution >= 4 is 0 Å². The van der Waals surface area contributed by atoms with Crippen LogP contribution in [0.2, 0.25) is 0 Å². The fraction of sp³-hybridized carbons (Fsp3) is 0.0714. The Balaban J connectivity index is 2.41. The van der Waals surface area contributed by atoms with Crippen molar-refractivity contribution in [2.75, 3.05) is 0 Å². The highest BCUT2D eigenvalue weighted by atomic mass is 19.4. The minimum atomic E-state index is -4.72. The number of alkyl halides is 3. The quantitative estimate of drug-likeness (QED) is 0.772. The molecule has 1 aromatic carbocycles. The van der Waals surface area contributed by atoms with Crippen LogP contribution in [0.15, 0.2) is 42.7 Å². The van der Waals surface area contributed by atoms with Crippen molar-refractivity contribution < 1.29 is 17.9 Å². The lowest BCUT2D eigenvalue weighted by Gasteiger charge is -2.10. The number of hydrogen-bond donors (Lipinski definition) is 0. The summed E-state index contributed by atoms with van der Waals surface area (Å²) in [6.45, 7) is 0. The van der Waals surface area contributed by atoms with Gasteiger partial charge in [0.2, 0.25) is 0 Å². The van der Waals surface area contributed by atoms with Crippen molar-refractivity contribution in [2.24, 2.45) is 0 Å². The number of rotatable bonds is 2. The molecule has 0 fully saturated rings. The monoisotopic (exact) mass is 263 g/mol. The third-order valence-electron chi connectivity index (χ3n) is 2.36. The van der Waals surface area contributed by atoms with Crippen molar-refractivity contribution in [3.05, 3.63) is 48.3 Å². The summed E-state index contributed by atoms with van der Waals surface area (Å²) in [6, 6.07) is 7.21. The number of benzene rings is 1. The molecule has 2 rings (SSSR count). The molecule has 0 N–H and O–H groups in total. The maximum absolute atomic E-state index is 12.2. The van der Waals surface area contributed by atoms with E-state index < -0.39 is 6.36 Å². The number of hydrogen-bond acceptors (Lipinski definition) is 2. The highest BCUT2D eigenvalue weighted by molar-refractivity contribution is 5.71. The Morgan fingerprint density at radius 3 is 2.68 bits per heavy atom. The first-order valence-corrected chi connectivity index (χ1v) is 5.26. The number of ether oxygens (including phenoxy) is 1. The number of aromatic nitrogens is 1. The van der Waals surface area contributed by atoms with Gasteiger partial charge in [0.05, 0.1) is 0 Å². The summed E-state index contributed by atoms with van der Waals surface area (Å²) in [7, 11) is 0. The summed E-state index contributed by atoms with van der Waals surface area (Å²) in [5, 5.41) is 0. The number of nitrogens with zero attached hydrogens (tertiary/aromatic N) is 1. The van der Waals surface area contributed by atoms with Crippen LogP contribution in [0.5, 0.6) is 5.75 Å². The zero-order valence-corrected chi connectivity index (χ0v) is 9.61. The van der Waals surface area contributed by atoms with Gasteiger partial charge in [-0.25, -0.2) is 0 Å². The van der Waals surface area contributed by atoms with Gasteiger partial charge in [0.1, 0.15) is 5.75 Å². The van der Waals surface area contributed by atoms with Crippen LogP contribution in [0, 0.1) is 12.3 Å². The molecular weight excluding hydrogens is 255 g/mol. The molecule has 0 saturated heterocycles. The lowest BCUT2D eigenvalue weighted by Crippen LogP contribution is -2.17. The summed E-state index contributed by atoms with van der Waals surface area (Å²) < 4.78 is 40.3. The van der Waals surface area contributed by atoms with Crippen LogP contribution in [0.3, 0.4) is 0 Å². The van der Waals surface area contributed by atoms with Crippen LogP contribution in [-0.2, 0) is 0 Å². The third-order valence-corrected chi connectivity index (χ3v) is 2.36. The van der Waals surface area contributed by atoms with Gasteiger partial charge < -0.3 is 4.74 Å². The van der Waals surface area contributed by atoms with Crippen LogP contribution >= 0.6 is 0 Å². The predicted molar refractivity (Wildman–Crippen MR) is 64.3 cm³/mol. The van der Waals surface area contributed by atoms with E-state index in [1.165, 1.54) is 30.6 Å². The van der Waals surface area contributed by atoms with Crippen molar-refractivity contribution in [3.63, 3.8) is 0 Å². The molecule has 2 nitrogen and oxygen atoms in total. The molecule has 0 saturated carbocycles. The van der Waals surface area contributed by atoms with E-state index in [2.05, 4.69) is 15.6 Å². The Morgan fingerprint density at radius 1 is 1.21 bits per heavy atom. The molecule has 0 atom stereocenters. The molecule has 0 amide bonds. The highest BCUT2D eigenvalue weighted by Gasteiger charge is 2.31. The molecule has 1 aromatic heterocycles. The number of halogens is 3. The minimum Gasteiger partial charge on any atom is -0.406 e. The second-order valence-corrected chi connectivity index (χ2v) is 3.64. The van der Waals surface area contributed by atoms with Crippen molar-refractivity contribution in [1.29, 1.82) is 0 Å². The van der Waals surface area contributed by atoms with Crippen molar-refractivity contribution in [1.82, 2.24) is 4.98 Å². The van der Waals surface area contributed by atoms with Gasteiger partial charge in [-0.3, -0.25) is 4.98 Å². The zero-order chi connectivity index (χ0) is 13.9. The Labute approximate surface area is 107 Å². The third kappa shape index (κ3) is 3.26. The summed E-state index contributed by atoms with van der Waals surface area (Å²) >= 11 is 0. The summed E-state index contributed by atoms with van der Waals surface area (Å²) in [4.78, 5) is 3.92. The van der Waals surface area contributed by atoms with Crippen LogP contribution in [-0.4, -0.2) is 11.3 Å². The maximum atomic E-state index is 12.2. The Kier molecular flexibility index (Phi) is 3.43. The Morgan fingerprint density at radius 2 is 2.00 bits per heavy atom. The molecule has 19 heavy (non-hydrogen) atoms. The lowest BCUT2D eigenvalue weighted by atomic mass is 10.0. The van der Waals surface area contributed by atoms with E-state index in [1.807, 2.05) is 0 Å². The Hall–Kier alpha value is -2.48. The second kappa shape index (κ2) is 5.02. The van der Waals surface area contributed by atoms with E-state index in [4.69, 9.17) is 6.42 Å². The molecule has 0 aliphatic heterocycles. The molecule has 0 aliphatic carbocycles. The smallest absolute Gasteiger partial charge is 0.406 e. The SMILES string of the molecule is C#Cc1ccncc1-c1cccc(OC(F)(F)F)c1. The second-order valence-electron chi connectivity index (χ2n) is 3.64. The summed E-state index contributed by atoms with van der Waals surface area (Å²) in [5.74, 6) is 2.16. The largest absolute Gasteiger partial charge is 0.573 e. The molecule has 5 heteroatoms. The first-order chi connectivity index (χ1) is 8.99. The molecule has 96 valence electrons. The first-order valence-electron chi connectivity index (χ1n) is 5.26. The van der Waals surface area contributed by atoms with E-state index >= 15 is 0 Å². The maximum Gasteiger partial charge on any atom is 0.573 e. The topological polar surface area (TPSA) is 22.1 Å². The van der Waals surface area contributed by atoms with E-state index in [9.17, 15) is 13.2 Å². The molecule has 0 bridgehead atoms. The van der Waals surface area contributed by atoms with E-state index in [-0.39, 0.29) is 5.75 Å². The predicted octanol–water partition coefficient (Wildman–Crippen LogP) is 3.63. The standard InChI is InChI=1S/C14H8F3NO/c1-2-10-6-7-18-9-13(10)11-4-3-5-12(8-11)19-14(15,16)17/h1,3-9H. The fourth-order valence-corrected chi connectivity index (χ4v) is 1.61. The molecule has 0 spiro atoms. The molecule has 1 heterocycles. The number of pyridine rings is 1. The average Bonchev–Trinajstić information content (AvgIpc) is 2.37. The van der Waals surface area contributed by atoms with Crippen LogP contribution in [0.1, 0.15) is 5.56 Å². The van der Waals surface area contributed by atoms with Gasteiger partial charge in [0.15, 0.2) is 0 Å². The van der Waals surface area contributed by atoms with Crippen LogP contribution in [0.25, 0.3) is 11.1 Å². The van der Waals surface area contributed by atoms with Gasteiger partial charge in [-0.1, -0.05) is 18.1 Å². The molecule has 2 aromatic rings. The van der Waals surface area contributed by atoms with E-state index in [0.717, 1.165) is 0 Å². The fourth-order valence-electron chi connectivity index (χ4n) is 1.61. The van der Waals surface area contributed by atoms with Crippen molar-refractivity contribution in [2.45, 2.75) is 6.36 Å². The highest BCUT2D eigenvalue weighted by Crippen LogP contribution is 2.29. The van der Waals surface area contributed by atoms with E-state index in [1.54, 1.807) is 12.1 Å². The van der Waals surface area contributed by atoms with Crippen LogP contribution in [0.4, 0.5) is 13.2 Å². The molecular formula is C14H8F3NO. The first kappa shape index (κ1) is 13.0. The van der Waals surface area contributed by atoms with E-state index in [0.29, 0.717) is 16.7 Å². The van der Waals surface area contributed by atoms with Gasteiger partial charge in [0, 0.05) is 23.5 Å². The van der Waals surface area contributed by atoms with Gasteiger partial charge >= 0.3 is 6.36 Å². The van der Waals surface area contributed by atoms with Gasteiger partial charge in [-0.2, -0.15) is 0 Å². The van der Waals surface area contributed by atoms with Gasteiger partial charge in [0.25, 0.3) is 0 Å². The van der Waals surface area contributed by atoms with Crippen molar-refractivity contribution in [3.8, 4) is 29.2 Å². The minimum absolute atomic E-state index is 0.295. The molecule has 0 aliphatic rings. The normalized spacial score (nSPS) is 10.8. The molecule has 0 unspecified atom stereocenters. The zero-order valence-electron chi connectivity index (χ0n) is 9.61. The average molecular weight is 263 g/mol. The Bertz CT molecular complexity index is 629. The van der Waals surface area contributed by atoms with Crippen LogP contribution < -0.4 is 4.74 Å². The summed E-state index contributed by atoms with van der Waals surface area (Å²) in [5.41, 5.74) is 1.65. The number of terminal acetylenes is 1. The van der Waals surface area contributed by atoms with Gasteiger partial charge in [-0.15, -0.1) is 19.6 Å². The van der Waals surface area contributed by atoms with Gasteiger partial charge in [-0.05, 0) is 23.8 Å². The molecule has 0 radical (unpaired) electrons. The lowest BCUT2D eigenvalue weighted by molar-refractivity contribution is -0.274.